The molecule has 3 rings (SSSR count). The van der Waals surface area contributed by atoms with E-state index in [0.717, 1.165) is 37.6 Å². The van der Waals surface area contributed by atoms with E-state index in [9.17, 15) is 9.59 Å². The number of Topliss-reactive ketones (excluding diaryl/α,β-unsaturated/α-hetero) is 1. The maximum atomic E-state index is 12.8. The molecule has 0 fully saturated rings. The lowest BCUT2D eigenvalue weighted by Crippen LogP contribution is -2.34. The van der Waals surface area contributed by atoms with Crippen LogP contribution in [0.4, 0.5) is 0 Å². The summed E-state index contributed by atoms with van der Waals surface area (Å²) in [5, 5.41) is 8.55. The predicted molar refractivity (Wildman–Crippen MR) is 115 cm³/mol. The summed E-state index contributed by atoms with van der Waals surface area (Å²) in [5.41, 5.74) is 2.32. The Morgan fingerprint density at radius 2 is 2.03 bits per heavy atom. The fourth-order valence-corrected chi connectivity index (χ4v) is 3.64. The summed E-state index contributed by atoms with van der Waals surface area (Å²) in [5.74, 6) is 0.307. The van der Waals surface area contributed by atoms with Gasteiger partial charge in [-0.05, 0) is 37.0 Å². The van der Waals surface area contributed by atoms with Crippen molar-refractivity contribution in [2.24, 2.45) is 0 Å². The Morgan fingerprint density at radius 3 is 2.83 bits per heavy atom. The van der Waals surface area contributed by atoms with E-state index in [1.165, 1.54) is 10.9 Å². The van der Waals surface area contributed by atoms with Crippen molar-refractivity contribution in [2.75, 3.05) is 6.54 Å². The van der Waals surface area contributed by atoms with Gasteiger partial charge in [0.25, 0.3) is 0 Å². The van der Waals surface area contributed by atoms with Crippen LogP contribution in [0.25, 0.3) is 10.9 Å². The number of H-pyrrole nitrogens is 1. The van der Waals surface area contributed by atoms with E-state index in [1.807, 2.05) is 37.5 Å². The number of ketones is 1. The Morgan fingerprint density at radius 1 is 1.17 bits per heavy atom. The number of benzene rings is 1. The van der Waals surface area contributed by atoms with Gasteiger partial charge < -0.3 is 10.3 Å². The van der Waals surface area contributed by atoms with E-state index in [2.05, 4.69) is 27.5 Å². The lowest BCUT2D eigenvalue weighted by Gasteiger charge is -2.17. The number of nitrogens with zero attached hydrogens (tertiary/aromatic N) is 2. The van der Waals surface area contributed by atoms with Crippen molar-refractivity contribution in [2.45, 2.75) is 57.9 Å². The molecule has 0 aliphatic carbocycles. The van der Waals surface area contributed by atoms with E-state index >= 15 is 0 Å². The smallest absolute Gasteiger partial charge is 0.244 e. The number of para-hydroxylation sites is 1. The summed E-state index contributed by atoms with van der Waals surface area (Å²) in [6.45, 7) is 2.49. The molecular formula is C23H30N4O2. The van der Waals surface area contributed by atoms with Gasteiger partial charge in [-0.25, -0.2) is 0 Å². The SMILES string of the molecule is CCC(=O)CCCCC[C@@H](C(=O)NCCc1c[nH]c2ccccc12)n1cccn1. The van der Waals surface area contributed by atoms with Crippen molar-refractivity contribution in [3.05, 3.63) is 54.5 Å². The van der Waals surface area contributed by atoms with Crippen molar-refractivity contribution < 1.29 is 9.59 Å². The van der Waals surface area contributed by atoms with Crippen LogP contribution in [0.15, 0.2) is 48.9 Å². The monoisotopic (exact) mass is 394 g/mol. The minimum absolute atomic E-state index is 0.00169. The molecule has 154 valence electrons. The molecule has 3 aromatic rings. The number of nitrogens with one attached hydrogen (secondary N) is 2. The number of hydrogen-bond donors (Lipinski definition) is 2. The van der Waals surface area contributed by atoms with Gasteiger partial charge in [0.2, 0.25) is 5.91 Å². The second-order valence-corrected chi connectivity index (χ2v) is 7.39. The summed E-state index contributed by atoms with van der Waals surface area (Å²) in [6, 6.07) is 9.72. The van der Waals surface area contributed by atoms with Gasteiger partial charge in [0.1, 0.15) is 11.8 Å². The highest BCUT2D eigenvalue weighted by Crippen LogP contribution is 2.19. The number of fused-ring (bicyclic) bond motifs is 1. The molecule has 0 unspecified atom stereocenters. The van der Waals surface area contributed by atoms with Gasteiger partial charge in [-0.3, -0.25) is 14.3 Å². The predicted octanol–water partition coefficient (Wildman–Crippen LogP) is 4.19. The fourth-order valence-electron chi connectivity index (χ4n) is 3.64. The van der Waals surface area contributed by atoms with E-state index in [-0.39, 0.29) is 11.9 Å². The van der Waals surface area contributed by atoms with Gasteiger partial charge in [-0.15, -0.1) is 0 Å². The van der Waals surface area contributed by atoms with Gasteiger partial charge >= 0.3 is 0 Å². The Kier molecular flexibility index (Phi) is 7.61. The number of rotatable bonds is 12. The van der Waals surface area contributed by atoms with Crippen molar-refractivity contribution >= 4 is 22.6 Å². The number of hydrogen-bond acceptors (Lipinski definition) is 3. The van der Waals surface area contributed by atoms with Crippen LogP contribution in [-0.2, 0) is 16.0 Å². The number of carbonyl (C=O) groups is 2. The summed E-state index contributed by atoms with van der Waals surface area (Å²) < 4.78 is 1.73. The molecular weight excluding hydrogens is 364 g/mol. The number of carbonyl (C=O) groups excluding carboxylic acids is 2. The van der Waals surface area contributed by atoms with E-state index < -0.39 is 0 Å². The molecule has 1 atom stereocenters. The lowest BCUT2D eigenvalue weighted by molar-refractivity contribution is -0.125. The third kappa shape index (κ3) is 5.79. The molecule has 6 nitrogen and oxygen atoms in total. The third-order valence-corrected chi connectivity index (χ3v) is 5.34. The second kappa shape index (κ2) is 10.6. The van der Waals surface area contributed by atoms with E-state index in [0.29, 0.717) is 25.2 Å². The van der Waals surface area contributed by atoms with Crippen molar-refractivity contribution in [1.82, 2.24) is 20.1 Å². The first-order valence-corrected chi connectivity index (χ1v) is 10.5. The van der Waals surface area contributed by atoms with Crippen LogP contribution in [-0.4, -0.2) is 33.0 Å². The lowest BCUT2D eigenvalue weighted by atomic mass is 10.0. The molecule has 6 heteroatoms. The molecule has 1 amide bonds. The largest absolute Gasteiger partial charge is 0.361 e. The molecule has 0 radical (unpaired) electrons. The zero-order valence-corrected chi connectivity index (χ0v) is 17.1. The summed E-state index contributed by atoms with van der Waals surface area (Å²) in [6.07, 6.45) is 11.0. The highest BCUT2D eigenvalue weighted by molar-refractivity contribution is 5.83. The highest BCUT2D eigenvalue weighted by atomic mass is 16.2. The molecule has 2 heterocycles. The van der Waals surface area contributed by atoms with Crippen molar-refractivity contribution in [3.63, 3.8) is 0 Å². The van der Waals surface area contributed by atoms with Crippen LogP contribution in [0.3, 0.4) is 0 Å². The first kappa shape index (κ1) is 20.8. The summed E-state index contributed by atoms with van der Waals surface area (Å²) in [7, 11) is 0. The highest BCUT2D eigenvalue weighted by Gasteiger charge is 2.20. The van der Waals surface area contributed by atoms with Gasteiger partial charge in [0.15, 0.2) is 0 Å². The number of unbranched alkanes of at least 4 members (excludes halogenated alkanes) is 2. The topological polar surface area (TPSA) is 79.8 Å². The zero-order valence-electron chi connectivity index (χ0n) is 17.1. The Hall–Kier alpha value is -2.89. The standard InChI is InChI=1S/C23H30N4O2/c1-2-19(28)9-4-3-5-12-22(27-16-8-14-26-27)23(29)24-15-13-18-17-25-21-11-7-6-10-20(18)21/h6-8,10-11,14,16-17,22,25H,2-5,9,12-13,15H2,1H3,(H,24,29)/t22-/m0/s1. The average Bonchev–Trinajstić information content (AvgIpc) is 3.41. The van der Waals surface area contributed by atoms with Crippen LogP contribution in [0.1, 0.15) is 57.1 Å². The molecule has 0 spiro atoms. The van der Waals surface area contributed by atoms with Gasteiger partial charge in [0, 0.05) is 48.9 Å². The van der Waals surface area contributed by atoms with Crippen LogP contribution in [0.2, 0.25) is 0 Å². The van der Waals surface area contributed by atoms with E-state index in [1.54, 1.807) is 10.9 Å². The molecule has 2 aromatic heterocycles. The first-order valence-electron chi connectivity index (χ1n) is 10.5. The third-order valence-electron chi connectivity index (χ3n) is 5.34. The fraction of sp³-hybridized carbons (Fsp3) is 0.435. The minimum Gasteiger partial charge on any atom is -0.361 e. The number of amides is 1. The van der Waals surface area contributed by atoms with Gasteiger partial charge in [0.05, 0.1) is 0 Å². The zero-order chi connectivity index (χ0) is 20.5. The van der Waals surface area contributed by atoms with Crippen LogP contribution in [0.5, 0.6) is 0 Å². The Bertz CT molecular complexity index is 914. The van der Waals surface area contributed by atoms with Crippen LogP contribution in [0, 0.1) is 0 Å². The van der Waals surface area contributed by atoms with Crippen molar-refractivity contribution in [1.29, 1.82) is 0 Å². The second-order valence-electron chi connectivity index (χ2n) is 7.39. The van der Waals surface area contributed by atoms with E-state index in [4.69, 9.17) is 0 Å². The van der Waals surface area contributed by atoms with Gasteiger partial charge in [-0.1, -0.05) is 38.0 Å². The normalized spacial score (nSPS) is 12.2. The average molecular weight is 395 g/mol. The minimum atomic E-state index is -0.310. The number of aromatic amines is 1. The summed E-state index contributed by atoms with van der Waals surface area (Å²) >= 11 is 0. The maximum Gasteiger partial charge on any atom is 0.244 e. The summed E-state index contributed by atoms with van der Waals surface area (Å²) in [4.78, 5) is 27.5. The molecule has 0 saturated carbocycles. The molecule has 0 aliphatic heterocycles. The molecule has 0 aliphatic rings. The number of aromatic nitrogens is 3. The Balaban J connectivity index is 1.49. The quantitative estimate of drug-likeness (QED) is 0.452. The molecule has 0 bridgehead atoms. The molecule has 1 aromatic carbocycles. The van der Waals surface area contributed by atoms with Crippen LogP contribution >= 0.6 is 0 Å². The molecule has 0 saturated heterocycles. The van der Waals surface area contributed by atoms with Gasteiger partial charge in [-0.2, -0.15) is 5.10 Å². The molecule has 2 N–H and O–H groups in total. The molecule has 29 heavy (non-hydrogen) atoms. The Labute approximate surface area is 171 Å². The van der Waals surface area contributed by atoms with Crippen molar-refractivity contribution in [3.8, 4) is 0 Å². The maximum absolute atomic E-state index is 12.8. The first-order chi connectivity index (χ1) is 14.2. The van der Waals surface area contributed by atoms with Crippen LogP contribution < -0.4 is 5.32 Å².